The number of hydrogen-bond acceptors (Lipinski definition) is 3. The van der Waals surface area contributed by atoms with Crippen LogP contribution in [0.25, 0.3) is 0 Å². The summed E-state index contributed by atoms with van der Waals surface area (Å²) in [6, 6.07) is 7.93. The van der Waals surface area contributed by atoms with Gasteiger partial charge in [-0.05, 0) is 57.3 Å². The second-order valence-electron chi connectivity index (χ2n) is 5.55. The Balaban J connectivity index is 2.20. The normalized spacial score (nSPS) is 16.9. The van der Waals surface area contributed by atoms with Crippen molar-refractivity contribution in [3.63, 3.8) is 0 Å². The number of likely N-dealkylation sites (tertiary alicyclic amines) is 1. The highest BCUT2D eigenvalue weighted by Crippen LogP contribution is 2.31. The predicted octanol–water partition coefficient (Wildman–Crippen LogP) is 3.35. The van der Waals surface area contributed by atoms with Crippen LogP contribution in [-0.4, -0.2) is 30.3 Å². The van der Waals surface area contributed by atoms with Gasteiger partial charge in [-0.15, -0.1) is 0 Å². The van der Waals surface area contributed by atoms with Crippen molar-refractivity contribution < 1.29 is 4.79 Å². The zero-order valence-corrected chi connectivity index (χ0v) is 12.4. The van der Waals surface area contributed by atoms with E-state index in [2.05, 4.69) is 17.9 Å². The molecule has 2 rings (SSSR count). The number of carbonyl (C=O) groups excluding carboxylic acids is 1. The van der Waals surface area contributed by atoms with Crippen molar-refractivity contribution in [3.05, 3.63) is 34.9 Å². The van der Waals surface area contributed by atoms with Crippen molar-refractivity contribution in [3.8, 4) is 6.07 Å². The van der Waals surface area contributed by atoms with Gasteiger partial charge in [0.05, 0.1) is 5.56 Å². The van der Waals surface area contributed by atoms with Crippen LogP contribution in [0.3, 0.4) is 0 Å². The number of piperidine rings is 1. The molecule has 1 aromatic rings. The quantitative estimate of drug-likeness (QED) is 0.788. The van der Waals surface area contributed by atoms with E-state index in [1.165, 1.54) is 13.3 Å². The zero-order valence-electron chi connectivity index (χ0n) is 12.4. The van der Waals surface area contributed by atoms with Gasteiger partial charge in [0, 0.05) is 5.56 Å². The molecule has 1 saturated heterocycles. The summed E-state index contributed by atoms with van der Waals surface area (Å²) in [5, 5.41) is 9.40. The van der Waals surface area contributed by atoms with Crippen molar-refractivity contribution in [2.24, 2.45) is 0 Å². The summed E-state index contributed by atoms with van der Waals surface area (Å²) in [4.78, 5) is 14.1. The van der Waals surface area contributed by atoms with Crippen molar-refractivity contribution in [2.75, 3.05) is 19.6 Å². The summed E-state index contributed by atoms with van der Waals surface area (Å²) >= 11 is 0. The van der Waals surface area contributed by atoms with Gasteiger partial charge in [0.15, 0.2) is 5.78 Å². The second kappa shape index (κ2) is 6.67. The topological polar surface area (TPSA) is 44.1 Å². The lowest BCUT2D eigenvalue weighted by molar-refractivity contribution is 0.101. The molecule has 0 bridgehead atoms. The number of rotatable bonds is 4. The molecule has 0 amide bonds. The number of ketones is 1. The molecular weight excluding hydrogens is 248 g/mol. The highest BCUT2D eigenvalue weighted by Gasteiger charge is 2.23. The van der Waals surface area contributed by atoms with Crippen LogP contribution in [0.1, 0.15) is 60.5 Å². The molecule has 0 saturated carbocycles. The van der Waals surface area contributed by atoms with Gasteiger partial charge >= 0.3 is 0 Å². The lowest BCUT2D eigenvalue weighted by Crippen LogP contribution is -2.33. The molecule has 0 spiro atoms. The number of nitriles is 1. The van der Waals surface area contributed by atoms with Crippen LogP contribution in [0.15, 0.2) is 18.2 Å². The lowest BCUT2D eigenvalue weighted by atomic mass is 9.84. The van der Waals surface area contributed by atoms with Crippen LogP contribution in [-0.2, 0) is 0 Å². The van der Waals surface area contributed by atoms with Gasteiger partial charge < -0.3 is 4.90 Å². The van der Waals surface area contributed by atoms with Gasteiger partial charge in [0.25, 0.3) is 0 Å². The van der Waals surface area contributed by atoms with Crippen LogP contribution in [0, 0.1) is 11.3 Å². The number of carbonyl (C=O) groups is 1. The van der Waals surface area contributed by atoms with E-state index < -0.39 is 0 Å². The molecule has 0 radical (unpaired) electrons. The number of hydrogen-bond donors (Lipinski definition) is 0. The van der Waals surface area contributed by atoms with Crippen LogP contribution in [0.4, 0.5) is 0 Å². The Kier molecular flexibility index (Phi) is 4.92. The molecule has 1 heterocycles. The van der Waals surface area contributed by atoms with E-state index in [-0.39, 0.29) is 5.78 Å². The van der Waals surface area contributed by atoms with Gasteiger partial charge in [-0.25, -0.2) is 0 Å². The zero-order chi connectivity index (χ0) is 14.5. The van der Waals surface area contributed by atoms with Crippen LogP contribution >= 0.6 is 0 Å². The Morgan fingerprint density at radius 1 is 1.40 bits per heavy atom. The Labute approximate surface area is 121 Å². The molecule has 3 heteroatoms. The smallest absolute Gasteiger partial charge is 0.161 e. The van der Waals surface area contributed by atoms with E-state index in [1.807, 2.05) is 12.1 Å². The summed E-state index contributed by atoms with van der Waals surface area (Å²) in [7, 11) is 0. The molecule has 20 heavy (non-hydrogen) atoms. The Hall–Kier alpha value is -1.66. The molecule has 0 atom stereocenters. The molecule has 0 unspecified atom stereocenters. The summed E-state index contributed by atoms with van der Waals surface area (Å²) in [6.07, 6.45) is 3.35. The number of benzene rings is 1. The van der Waals surface area contributed by atoms with E-state index in [9.17, 15) is 10.1 Å². The first-order chi connectivity index (χ1) is 9.67. The minimum Gasteiger partial charge on any atom is -0.303 e. The fraction of sp³-hybridized carbons (Fsp3) is 0.529. The number of Topliss-reactive ketones (excluding diaryl/α,β-unsaturated/α-hetero) is 1. The largest absolute Gasteiger partial charge is 0.303 e. The van der Waals surface area contributed by atoms with Gasteiger partial charge in [-0.2, -0.15) is 5.26 Å². The van der Waals surface area contributed by atoms with Gasteiger partial charge in [-0.3, -0.25) is 4.79 Å². The molecule has 3 nitrogen and oxygen atoms in total. The van der Waals surface area contributed by atoms with Crippen LogP contribution in [0.2, 0.25) is 0 Å². The summed E-state index contributed by atoms with van der Waals surface area (Å²) in [6.45, 7) is 7.08. The minimum absolute atomic E-state index is 0.0215. The third-order valence-electron chi connectivity index (χ3n) is 4.16. The molecule has 0 aliphatic carbocycles. The standard InChI is InChI=1S/C17H22N2O/c1-3-9-19-10-7-14(8-11-19)16-6-4-5-15(13(2)20)17(16)12-18/h4-6,14H,3,7-11H2,1-2H3. The van der Waals surface area contributed by atoms with E-state index in [4.69, 9.17) is 0 Å². The third-order valence-corrected chi connectivity index (χ3v) is 4.16. The maximum Gasteiger partial charge on any atom is 0.161 e. The van der Waals surface area contributed by atoms with E-state index in [0.29, 0.717) is 17.0 Å². The maximum atomic E-state index is 11.6. The fourth-order valence-corrected chi connectivity index (χ4v) is 3.11. The van der Waals surface area contributed by atoms with Gasteiger partial charge in [0.1, 0.15) is 6.07 Å². The first kappa shape index (κ1) is 14.7. The first-order valence-electron chi connectivity index (χ1n) is 7.43. The molecule has 1 aliphatic heterocycles. The molecular formula is C17H22N2O. The molecule has 0 aromatic heterocycles. The van der Waals surface area contributed by atoms with Crippen molar-refractivity contribution in [1.82, 2.24) is 4.90 Å². The molecule has 106 valence electrons. The van der Waals surface area contributed by atoms with E-state index in [0.717, 1.165) is 38.0 Å². The lowest BCUT2D eigenvalue weighted by Gasteiger charge is -2.32. The van der Waals surface area contributed by atoms with Crippen LogP contribution < -0.4 is 0 Å². The summed E-state index contributed by atoms with van der Waals surface area (Å²) in [5.74, 6) is 0.392. The summed E-state index contributed by atoms with van der Waals surface area (Å²) < 4.78 is 0. The predicted molar refractivity (Wildman–Crippen MR) is 79.9 cm³/mol. The maximum absolute atomic E-state index is 11.6. The molecule has 1 fully saturated rings. The highest BCUT2D eigenvalue weighted by atomic mass is 16.1. The average Bonchev–Trinajstić information content (AvgIpc) is 2.47. The third kappa shape index (κ3) is 3.08. The average molecular weight is 270 g/mol. The molecule has 1 aromatic carbocycles. The van der Waals surface area contributed by atoms with Gasteiger partial charge in [-0.1, -0.05) is 25.1 Å². The monoisotopic (exact) mass is 270 g/mol. The van der Waals surface area contributed by atoms with Crippen LogP contribution in [0.5, 0.6) is 0 Å². The second-order valence-corrected chi connectivity index (χ2v) is 5.55. The highest BCUT2D eigenvalue weighted by molar-refractivity contribution is 5.96. The minimum atomic E-state index is -0.0215. The molecule has 1 aliphatic rings. The van der Waals surface area contributed by atoms with E-state index in [1.54, 1.807) is 6.07 Å². The first-order valence-corrected chi connectivity index (χ1v) is 7.43. The summed E-state index contributed by atoms with van der Waals surface area (Å²) in [5.41, 5.74) is 2.23. The Bertz CT molecular complexity index is 522. The molecule has 0 N–H and O–H groups in total. The van der Waals surface area contributed by atoms with Crippen molar-refractivity contribution in [1.29, 1.82) is 5.26 Å². The fourth-order valence-electron chi connectivity index (χ4n) is 3.11. The number of nitrogens with zero attached hydrogens (tertiary/aromatic N) is 2. The SMILES string of the molecule is CCCN1CCC(c2cccc(C(C)=O)c2C#N)CC1. The van der Waals surface area contributed by atoms with Crippen molar-refractivity contribution in [2.45, 2.75) is 39.0 Å². The Morgan fingerprint density at radius 2 is 2.10 bits per heavy atom. The Morgan fingerprint density at radius 3 is 2.65 bits per heavy atom. The van der Waals surface area contributed by atoms with E-state index >= 15 is 0 Å². The van der Waals surface area contributed by atoms with Gasteiger partial charge in [0.2, 0.25) is 0 Å². The van der Waals surface area contributed by atoms with Crippen molar-refractivity contribution >= 4 is 5.78 Å².